The standard InChI is InChI=1S/C23H44N8O/c1-4-18-20-21(31(29-18)12-13-32-5-2)22(26-19-14-16(3)6-9-25-19)28-23(27-20)30-10-7-17(15-24)8-11-30/h14,16-18,22-23,25-29H,4-13,15,24H2,1-3H3. The van der Waals surface area contributed by atoms with Gasteiger partial charge in [-0.05, 0) is 57.1 Å². The topological polar surface area (TPSA) is 102 Å². The number of nitrogens with one attached hydrogen (secondary N) is 5. The SMILES string of the molecule is CCOCCN1NC(CC)C2=C1C(NC1=CC(C)CCN1)NC(N1CCC(CN)CC1)N2. The number of likely N-dealkylation sites (tertiary alicyclic amines) is 1. The Morgan fingerprint density at radius 3 is 2.72 bits per heavy atom. The number of hydrazine groups is 1. The average molecular weight is 449 g/mol. The van der Waals surface area contributed by atoms with Gasteiger partial charge in [-0.3, -0.25) is 10.2 Å². The Balaban J connectivity index is 1.55. The minimum atomic E-state index is 0.0122. The highest BCUT2D eigenvalue weighted by atomic mass is 16.5. The minimum absolute atomic E-state index is 0.0122. The first-order chi connectivity index (χ1) is 15.6. The van der Waals surface area contributed by atoms with Gasteiger partial charge >= 0.3 is 0 Å². The zero-order chi connectivity index (χ0) is 22.5. The molecule has 9 heteroatoms. The molecule has 0 bridgehead atoms. The Morgan fingerprint density at radius 2 is 2.03 bits per heavy atom. The van der Waals surface area contributed by atoms with Crippen molar-refractivity contribution in [2.45, 2.75) is 65.0 Å². The summed E-state index contributed by atoms with van der Waals surface area (Å²) in [5.74, 6) is 2.36. The Hall–Kier alpha value is -1.52. The molecule has 0 saturated carbocycles. The van der Waals surface area contributed by atoms with Crippen molar-refractivity contribution in [2.75, 3.05) is 45.9 Å². The number of rotatable bonds is 9. The molecule has 0 aromatic carbocycles. The van der Waals surface area contributed by atoms with Crippen LogP contribution >= 0.6 is 0 Å². The quantitative estimate of drug-likeness (QED) is 0.279. The summed E-state index contributed by atoms with van der Waals surface area (Å²) >= 11 is 0. The lowest BCUT2D eigenvalue weighted by Gasteiger charge is -2.44. The van der Waals surface area contributed by atoms with E-state index in [1.807, 2.05) is 6.92 Å². The molecule has 9 nitrogen and oxygen atoms in total. The van der Waals surface area contributed by atoms with Gasteiger partial charge in [-0.2, -0.15) is 0 Å². The molecule has 0 aliphatic carbocycles. The van der Waals surface area contributed by atoms with E-state index >= 15 is 0 Å². The molecule has 1 fully saturated rings. The van der Waals surface area contributed by atoms with Crippen LogP contribution in [-0.2, 0) is 4.74 Å². The number of allylic oxidation sites excluding steroid dienone is 1. The van der Waals surface area contributed by atoms with Gasteiger partial charge in [-0.1, -0.05) is 13.8 Å². The van der Waals surface area contributed by atoms with Gasteiger partial charge in [0.05, 0.1) is 36.4 Å². The fourth-order valence-corrected chi connectivity index (χ4v) is 5.21. The molecule has 4 aliphatic rings. The highest BCUT2D eigenvalue weighted by Gasteiger charge is 2.42. The van der Waals surface area contributed by atoms with Crippen LogP contribution in [0.2, 0.25) is 0 Å². The highest BCUT2D eigenvalue weighted by Crippen LogP contribution is 2.28. The molecule has 0 spiro atoms. The molecule has 4 heterocycles. The number of piperidine rings is 1. The van der Waals surface area contributed by atoms with Gasteiger partial charge in [0, 0.05) is 26.2 Å². The van der Waals surface area contributed by atoms with E-state index in [9.17, 15) is 0 Å². The number of hydrogen-bond donors (Lipinski definition) is 6. The van der Waals surface area contributed by atoms with Gasteiger partial charge in [-0.15, -0.1) is 0 Å². The lowest BCUT2D eigenvalue weighted by Crippen LogP contribution is -2.66. The number of nitrogens with two attached hydrogens (primary N) is 1. The normalized spacial score (nSPS) is 31.8. The molecule has 7 N–H and O–H groups in total. The molecule has 0 aromatic heterocycles. The Kier molecular flexibility index (Phi) is 8.17. The Morgan fingerprint density at radius 1 is 1.22 bits per heavy atom. The first-order valence-corrected chi connectivity index (χ1v) is 12.7. The third kappa shape index (κ3) is 5.34. The molecule has 182 valence electrons. The molecule has 4 aliphatic heterocycles. The Labute approximate surface area is 193 Å². The van der Waals surface area contributed by atoms with Crippen LogP contribution < -0.4 is 32.4 Å². The third-order valence-electron chi connectivity index (χ3n) is 7.20. The van der Waals surface area contributed by atoms with Gasteiger partial charge in [0.1, 0.15) is 12.5 Å². The van der Waals surface area contributed by atoms with Crippen molar-refractivity contribution >= 4 is 0 Å². The monoisotopic (exact) mass is 448 g/mol. The van der Waals surface area contributed by atoms with Crippen LogP contribution in [0.3, 0.4) is 0 Å². The summed E-state index contributed by atoms with van der Waals surface area (Å²) < 4.78 is 5.67. The summed E-state index contributed by atoms with van der Waals surface area (Å²) in [7, 11) is 0. The van der Waals surface area contributed by atoms with Crippen LogP contribution in [-0.4, -0.2) is 74.3 Å². The smallest absolute Gasteiger partial charge is 0.136 e. The van der Waals surface area contributed by atoms with Crippen molar-refractivity contribution in [3.8, 4) is 0 Å². The molecular weight excluding hydrogens is 404 g/mol. The van der Waals surface area contributed by atoms with E-state index in [-0.39, 0.29) is 18.5 Å². The van der Waals surface area contributed by atoms with Crippen LogP contribution in [0.5, 0.6) is 0 Å². The van der Waals surface area contributed by atoms with Crippen LogP contribution in [0.25, 0.3) is 0 Å². The zero-order valence-corrected chi connectivity index (χ0v) is 20.1. The van der Waals surface area contributed by atoms with Gasteiger partial charge in [0.15, 0.2) is 0 Å². The maximum atomic E-state index is 5.93. The molecule has 32 heavy (non-hydrogen) atoms. The summed E-state index contributed by atoms with van der Waals surface area (Å²) in [6.45, 7) is 12.8. The van der Waals surface area contributed by atoms with E-state index in [1.165, 1.54) is 30.7 Å². The van der Waals surface area contributed by atoms with Crippen LogP contribution in [0, 0.1) is 11.8 Å². The van der Waals surface area contributed by atoms with Crippen molar-refractivity contribution < 1.29 is 4.74 Å². The van der Waals surface area contributed by atoms with Crippen molar-refractivity contribution in [3.63, 3.8) is 0 Å². The van der Waals surface area contributed by atoms with E-state index in [1.54, 1.807) is 0 Å². The summed E-state index contributed by atoms with van der Waals surface area (Å²) in [6.07, 6.45) is 6.98. The fourth-order valence-electron chi connectivity index (χ4n) is 5.21. The predicted octanol–water partition coefficient (Wildman–Crippen LogP) is 0.367. The van der Waals surface area contributed by atoms with Crippen LogP contribution in [0.4, 0.5) is 0 Å². The molecule has 0 radical (unpaired) electrons. The van der Waals surface area contributed by atoms with Gasteiger partial charge < -0.3 is 31.4 Å². The van der Waals surface area contributed by atoms with E-state index in [0.29, 0.717) is 18.4 Å². The largest absolute Gasteiger partial charge is 0.380 e. The maximum absolute atomic E-state index is 5.93. The molecule has 0 amide bonds. The molecule has 4 atom stereocenters. The van der Waals surface area contributed by atoms with Crippen molar-refractivity contribution in [1.82, 2.24) is 36.6 Å². The summed E-state index contributed by atoms with van der Waals surface area (Å²) in [5, 5.41) is 17.3. The summed E-state index contributed by atoms with van der Waals surface area (Å²) in [4.78, 5) is 2.53. The number of hydrogen-bond acceptors (Lipinski definition) is 9. The summed E-state index contributed by atoms with van der Waals surface area (Å²) in [6, 6.07) is 0.286. The minimum Gasteiger partial charge on any atom is -0.380 e. The van der Waals surface area contributed by atoms with Gasteiger partial charge in [0.2, 0.25) is 0 Å². The van der Waals surface area contributed by atoms with Crippen molar-refractivity contribution in [1.29, 1.82) is 0 Å². The lowest BCUT2D eigenvalue weighted by molar-refractivity contribution is 0.0737. The number of nitrogens with zero attached hydrogens (tertiary/aromatic N) is 2. The molecule has 0 aromatic rings. The Bertz CT molecular complexity index is 675. The van der Waals surface area contributed by atoms with E-state index in [2.05, 4.69) is 56.5 Å². The van der Waals surface area contributed by atoms with E-state index in [0.717, 1.165) is 51.6 Å². The molecule has 4 unspecified atom stereocenters. The summed E-state index contributed by atoms with van der Waals surface area (Å²) in [5.41, 5.74) is 12.2. The van der Waals surface area contributed by atoms with E-state index in [4.69, 9.17) is 10.5 Å². The first-order valence-electron chi connectivity index (χ1n) is 12.7. The first kappa shape index (κ1) is 23.6. The second-order valence-electron chi connectivity index (χ2n) is 9.52. The molecule has 1 saturated heterocycles. The third-order valence-corrected chi connectivity index (χ3v) is 7.20. The van der Waals surface area contributed by atoms with Gasteiger partial charge in [-0.25, -0.2) is 5.43 Å². The molecule has 4 rings (SSSR count). The zero-order valence-electron chi connectivity index (χ0n) is 20.1. The number of ether oxygens (including phenoxy) is 1. The molecular formula is C23H44N8O. The second kappa shape index (κ2) is 11.1. The second-order valence-corrected chi connectivity index (χ2v) is 9.52. The van der Waals surface area contributed by atoms with Crippen molar-refractivity contribution in [2.24, 2.45) is 17.6 Å². The fraction of sp³-hybridized carbons (Fsp3) is 0.826. The highest BCUT2D eigenvalue weighted by molar-refractivity contribution is 5.30. The van der Waals surface area contributed by atoms with Gasteiger partial charge in [0.25, 0.3) is 0 Å². The lowest BCUT2D eigenvalue weighted by atomic mass is 9.97. The predicted molar refractivity (Wildman–Crippen MR) is 128 cm³/mol. The van der Waals surface area contributed by atoms with E-state index < -0.39 is 0 Å². The van der Waals surface area contributed by atoms with Crippen LogP contribution in [0.15, 0.2) is 23.3 Å². The van der Waals surface area contributed by atoms with Crippen molar-refractivity contribution in [3.05, 3.63) is 23.3 Å². The van der Waals surface area contributed by atoms with Crippen LogP contribution in [0.1, 0.15) is 46.5 Å². The maximum Gasteiger partial charge on any atom is 0.136 e. The average Bonchev–Trinajstić information content (AvgIpc) is 3.17.